The zero-order chi connectivity index (χ0) is 14.5. The molecule has 0 atom stereocenters. The Balaban J connectivity index is 2.03. The van der Waals surface area contributed by atoms with E-state index in [1.807, 2.05) is 30.3 Å². The second kappa shape index (κ2) is 6.32. The van der Waals surface area contributed by atoms with Crippen LogP contribution in [-0.4, -0.2) is 39.4 Å². The number of rotatable bonds is 5. The molecular weight excluding hydrogens is 252 g/mol. The van der Waals surface area contributed by atoms with Gasteiger partial charge in [-0.2, -0.15) is 0 Å². The highest BCUT2D eigenvalue weighted by Gasteiger charge is 2.16. The van der Waals surface area contributed by atoms with Gasteiger partial charge in [0.1, 0.15) is 0 Å². The van der Waals surface area contributed by atoms with Gasteiger partial charge in [0.15, 0.2) is 5.69 Å². The summed E-state index contributed by atoms with van der Waals surface area (Å²) in [6.07, 6.45) is 1.70. The molecule has 2 rings (SSSR count). The summed E-state index contributed by atoms with van der Waals surface area (Å²) in [6.45, 7) is 5.49. The quantitative estimate of drug-likeness (QED) is 0.837. The second-order valence-corrected chi connectivity index (χ2v) is 5.37. The zero-order valence-electron chi connectivity index (χ0n) is 12.2. The van der Waals surface area contributed by atoms with E-state index in [4.69, 9.17) is 0 Å². The Morgan fingerprint density at radius 3 is 2.65 bits per heavy atom. The maximum absolute atomic E-state index is 12.2. The molecule has 0 radical (unpaired) electrons. The van der Waals surface area contributed by atoms with Crippen LogP contribution in [0.4, 0.5) is 0 Å². The number of carbonyl (C=O) groups is 1. The van der Waals surface area contributed by atoms with Crippen LogP contribution in [-0.2, 0) is 6.54 Å². The van der Waals surface area contributed by atoms with E-state index in [1.165, 1.54) is 0 Å². The summed E-state index contributed by atoms with van der Waals surface area (Å²) >= 11 is 0. The van der Waals surface area contributed by atoms with Crippen molar-refractivity contribution in [2.75, 3.05) is 13.6 Å². The maximum Gasteiger partial charge on any atom is 0.275 e. The maximum atomic E-state index is 12.2. The van der Waals surface area contributed by atoms with Crippen LogP contribution in [0.25, 0.3) is 0 Å². The molecular formula is C15H20N4O. The molecule has 0 spiro atoms. The Labute approximate surface area is 119 Å². The largest absolute Gasteiger partial charge is 0.340 e. The fraction of sp³-hybridized carbons (Fsp3) is 0.400. The van der Waals surface area contributed by atoms with E-state index in [9.17, 15) is 4.79 Å². The van der Waals surface area contributed by atoms with E-state index in [0.717, 1.165) is 5.56 Å². The third-order valence-electron chi connectivity index (χ3n) is 2.93. The molecule has 1 aromatic carbocycles. The van der Waals surface area contributed by atoms with Crippen LogP contribution in [0.15, 0.2) is 36.5 Å². The lowest BCUT2D eigenvalue weighted by Crippen LogP contribution is -2.30. The number of hydrogen-bond donors (Lipinski definition) is 0. The number of aromatic nitrogens is 3. The molecule has 0 fully saturated rings. The molecule has 20 heavy (non-hydrogen) atoms. The third kappa shape index (κ3) is 3.66. The molecule has 5 nitrogen and oxygen atoms in total. The fourth-order valence-corrected chi connectivity index (χ4v) is 2.07. The molecule has 0 aliphatic rings. The lowest BCUT2D eigenvalue weighted by molar-refractivity contribution is 0.0773. The van der Waals surface area contributed by atoms with Gasteiger partial charge in [-0.25, -0.2) is 4.68 Å². The van der Waals surface area contributed by atoms with Gasteiger partial charge >= 0.3 is 0 Å². The number of nitrogens with zero attached hydrogens (tertiary/aromatic N) is 4. The Bertz CT molecular complexity index is 562. The Morgan fingerprint density at radius 2 is 2.00 bits per heavy atom. The highest BCUT2D eigenvalue weighted by Crippen LogP contribution is 2.05. The van der Waals surface area contributed by atoms with Gasteiger partial charge in [0.2, 0.25) is 0 Å². The average molecular weight is 272 g/mol. The molecule has 1 amide bonds. The number of benzene rings is 1. The number of carbonyl (C=O) groups excluding carboxylic acids is 1. The molecule has 0 aliphatic carbocycles. The highest BCUT2D eigenvalue weighted by molar-refractivity contribution is 5.91. The Kier molecular flexibility index (Phi) is 4.50. The molecule has 1 heterocycles. The standard InChI is InChI=1S/C15H20N4O/c1-12(2)9-18(3)15(20)14-11-19(17-16-14)10-13-7-5-4-6-8-13/h4-8,11-12H,9-10H2,1-3H3. The van der Waals surface area contributed by atoms with Crippen LogP contribution in [0.3, 0.4) is 0 Å². The molecule has 0 unspecified atom stereocenters. The van der Waals surface area contributed by atoms with Gasteiger partial charge < -0.3 is 4.90 Å². The molecule has 0 aliphatic heterocycles. The van der Waals surface area contributed by atoms with Crippen molar-refractivity contribution in [2.45, 2.75) is 20.4 Å². The lowest BCUT2D eigenvalue weighted by atomic mass is 10.2. The second-order valence-electron chi connectivity index (χ2n) is 5.37. The molecule has 0 N–H and O–H groups in total. The van der Waals surface area contributed by atoms with Crippen molar-refractivity contribution in [3.05, 3.63) is 47.8 Å². The van der Waals surface area contributed by atoms with E-state index in [-0.39, 0.29) is 5.91 Å². The van der Waals surface area contributed by atoms with E-state index in [0.29, 0.717) is 24.7 Å². The monoisotopic (exact) mass is 272 g/mol. The van der Waals surface area contributed by atoms with Crippen LogP contribution in [0.5, 0.6) is 0 Å². The van der Waals surface area contributed by atoms with E-state index < -0.39 is 0 Å². The summed E-state index contributed by atoms with van der Waals surface area (Å²) in [5.41, 5.74) is 1.52. The van der Waals surface area contributed by atoms with Gasteiger partial charge in [0.25, 0.3) is 5.91 Å². The predicted molar refractivity (Wildman–Crippen MR) is 77.4 cm³/mol. The summed E-state index contributed by atoms with van der Waals surface area (Å²) in [5.74, 6) is 0.348. The highest BCUT2D eigenvalue weighted by atomic mass is 16.2. The van der Waals surface area contributed by atoms with Crippen molar-refractivity contribution < 1.29 is 4.79 Å². The third-order valence-corrected chi connectivity index (χ3v) is 2.93. The van der Waals surface area contributed by atoms with Crippen molar-refractivity contribution in [3.63, 3.8) is 0 Å². The molecule has 5 heteroatoms. The summed E-state index contributed by atoms with van der Waals surface area (Å²) in [5, 5.41) is 7.98. The van der Waals surface area contributed by atoms with Gasteiger partial charge in [-0.1, -0.05) is 49.4 Å². The molecule has 0 bridgehead atoms. The topological polar surface area (TPSA) is 51.0 Å². The summed E-state index contributed by atoms with van der Waals surface area (Å²) in [6, 6.07) is 9.98. The van der Waals surface area contributed by atoms with Gasteiger partial charge in [-0.3, -0.25) is 4.79 Å². The lowest BCUT2D eigenvalue weighted by Gasteiger charge is -2.17. The van der Waals surface area contributed by atoms with Gasteiger partial charge in [0.05, 0.1) is 12.7 Å². The average Bonchev–Trinajstić information content (AvgIpc) is 2.86. The van der Waals surface area contributed by atoms with Crippen LogP contribution < -0.4 is 0 Å². The molecule has 106 valence electrons. The SMILES string of the molecule is CC(C)CN(C)C(=O)c1cn(Cc2ccccc2)nn1. The van der Waals surface area contributed by atoms with Crippen molar-refractivity contribution in [1.29, 1.82) is 0 Å². The van der Waals surface area contributed by atoms with E-state index in [1.54, 1.807) is 22.8 Å². The van der Waals surface area contributed by atoms with Crippen molar-refractivity contribution in [1.82, 2.24) is 19.9 Å². The number of amides is 1. The van der Waals surface area contributed by atoms with Gasteiger partial charge in [-0.15, -0.1) is 5.10 Å². The first-order chi connectivity index (χ1) is 9.56. The minimum Gasteiger partial charge on any atom is -0.340 e. The van der Waals surface area contributed by atoms with Gasteiger partial charge in [-0.05, 0) is 11.5 Å². The minimum atomic E-state index is -0.0852. The summed E-state index contributed by atoms with van der Waals surface area (Å²) in [4.78, 5) is 13.8. The molecule has 0 saturated carbocycles. The summed E-state index contributed by atoms with van der Waals surface area (Å²) in [7, 11) is 1.79. The van der Waals surface area contributed by atoms with Crippen molar-refractivity contribution in [3.8, 4) is 0 Å². The normalized spacial score (nSPS) is 10.8. The molecule has 1 aromatic heterocycles. The van der Waals surface area contributed by atoms with E-state index in [2.05, 4.69) is 24.2 Å². The Morgan fingerprint density at radius 1 is 1.30 bits per heavy atom. The van der Waals surface area contributed by atoms with Crippen LogP contribution >= 0.6 is 0 Å². The Hall–Kier alpha value is -2.17. The summed E-state index contributed by atoms with van der Waals surface area (Å²) < 4.78 is 1.69. The van der Waals surface area contributed by atoms with Crippen LogP contribution in [0.2, 0.25) is 0 Å². The van der Waals surface area contributed by atoms with E-state index >= 15 is 0 Å². The van der Waals surface area contributed by atoms with Crippen molar-refractivity contribution >= 4 is 5.91 Å². The first-order valence-electron chi connectivity index (χ1n) is 6.76. The van der Waals surface area contributed by atoms with Crippen LogP contribution in [0, 0.1) is 5.92 Å². The zero-order valence-corrected chi connectivity index (χ0v) is 12.2. The predicted octanol–water partition coefficient (Wildman–Crippen LogP) is 2.05. The van der Waals surface area contributed by atoms with Gasteiger partial charge in [0, 0.05) is 13.6 Å². The molecule has 0 saturated heterocycles. The first-order valence-corrected chi connectivity index (χ1v) is 6.76. The fourth-order valence-electron chi connectivity index (χ4n) is 2.07. The smallest absolute Gasteiger partial charge is 0.275 e. The molecule has 2 aromatic rings. The van der Waals surface area contributed by atoms with Crippen LogP contribution in [0.1, 0.15) is 29.9 Å². The minimum absolute atomic E-state index is 0.0852. The number of hydrogen-bond acceptors (Lipinski definition) is 3. The first kappa shape index (κ1) is 14.2. The van der Waals surface area contributed by atoms with Crippen molar-refractivity contribution in [2.24, 2.45) is 5.92 Å².